The van der Waals surface area contributed by atoms with Crippen molar-refractivity contribution in [2.24, 2.45) is 0 Å². The van der Waals surface area contributed by atoms with E-state index in [1.165, 1.54) is 0 Å². The number of fused-ring (bicyclic) bond motifs is 1. The topological polar surface area (TPSA) is 43.4 Å². The van der Waals surface area contributed by atoms with Gasteiger partial charge in [0.05, 0.1) is 0 Å². The van der Waals surface area contributed by atoms with Gasteiger partial charge in [-0.15, -0.1) is 0 Å². The SMILES string of the molecule is CCOC(=O)/C(C)=C(/[Se]c1ccccc1)C(=O)c1cccc2ccccc12. The van der Waals surface area contributed by atoms with E-state index in [9.17, 15) is 9.59 Å². The van der Waals surface area contributed by atoms with Crippen LogP contribution in [0.2, 0.25) is 0 Å². The number of benzene rings is 3. The fourth-order valence-electron chi connectivity index (χ4n) is 2.78. The third-order valence-corrected chi connectivity index (χ3v) is 6.65. The van der Waals surface area contributed by atoms with E-state index in [-0.39, 0.29) is 27.3 Å². The molecule has 0 saturated carbocycles. The van der Waals surface area contributed by atoms with Gasteiger partial charge in [-0.2, -0.15) is 0 Å². The van der Waals surface area contributed by atoms with Crippen LogP contribution >= 0.6 is 0 Å². The molecule has 136 valence electrons. The Morgan fingerprint density at radius 3 is 2.30 bits per heavy atom. The molecule has 0 aromatic heterocycles. The van der Waals surface area contributed by atoms with Gasteiger partial charge in [0.15, 0.2) is 0 Å². The summed E-state index contributed by atoms with van der Waals surface area (Å²) in [7, 11) is 0. The Morgan fingerprint density at radius 1 is 0.889 bits per heavy atom. The van der Waals surface area contributed by atoms with Crippen molar-refractivity contribution in [3.8, 4) is 0 Å². The Morgan fingerprint density at radius 2 is 1.56 bits per heavy atom. The zero-order valence-electron chi connectivity index (χ0n) is 15.3. The predicted octanol–water partition coefficient (Wildman–Crippen LogP) is 3.89. The maximum atomic E-state index is 13.5. The van der Waals surface area contributed by atoms with Gasteiger partial charge in [-0.25, -0.2) is 0 Å². The summed E-state index contributed by atoms with van der Waals surface area (Å²) in [6, 6.07) is 23.3. The van der Waals surface area contributed by atoms with Gasteiger partial charge < -0.3 is 0 Å². The number of hydrogen-bond donors (Lipinski definition) is 0. The van der Waals surface area contributed by atoms with Crippen molar-refractivity contribution < 1.29 is 14.3 Å². The molecule has 0 unspecified atom stereocenters. The second kappa shape index (κ2) is 8.81. The Balaban J connectivity index is 2.10. The zero-order chi connectivity index (χ0) is 19.2. The number of carbonyl (C=O) groups is 2. The van der Waals surface area contributed by atoms with Gasteiger partial charge in [0.1, 0.15) is 0 Å². The van der Waals surface area contributed by atoms with Crippen molar-refractivity contribution in [1.29, 1.82) is 0 Å². The number of esters is 1. The monoisotopic (exact) mass is 424 g/mol. The van der Waals surface area contributed by atoms with Crippen molar-refractivity contribution >= 4 is 41.9 Å². The number of carbonyl (C=O) groups excluding carboxylic acids is 2. The molecule has 3 aromatic carbocycles. The zero-order valence-corrected chi connectivity index (χ0v) is 17.0. The molecule has 0 atom stereocenters. The second-order valence-corrected chi connectivity index (χ2v) is 8.22. The normalized spacial score (nSPS) is 11.8. The Bertz CT molecular complexity index is 1000. The third kappa shape index (κ3) is 4.36. The van der Waals surface area contributed by atoms with Crippen molar-refractivity contribution in [3.63, 3.8) is 0 Å². The van der Waals surface area contributed by atoms with Crippen molar-refractivity contribution in [2.45, 2.75) is 13.8 Å². The average Bonchev–Trinajstić information content (AvgIpc) is 2.71. The fraction of sp³-hybridized carbons (Fsp3) is 0.130. The standard InChI is InChI=1S/C23H20O3Se/c1-3-26-23(25)16(2)22(27-18-12-5-4-6-13-18)21(24)20-15-9-11-17-10-7-8-14-19(17)20/h4-15H,3H2,1-2H3/b22-16+. The minimum atomic E-state index is -0.432. The van der Waals surface area contributed by atoms with E-state index in [0.29, 0.717) is 15.6 Å². The van der Waals surface area contributed by atoms with Gasteiger partial charge in [0.25, 0.3) is 0 Å². The van der Waals surface area contributed by atoms with E-state index >= 15 is 0 Å². The number of ether oxygens (including phenoxy) is 1. The molecule has 0 amide bonds. The first-order chi connectivity index (χ1) is 13.1. The van der Waals surface area contributed by atoms with Crippen LogP contribution in [0, 0.1) is 0 Å². The van der Waals surface area contributed by atoms with Crippen LogP contribution < -0.4 is 4.46 Å². The van der Waals surface area contributed by atoms with Gasteiger partial charge in [-0.05, 0) is 0 Å². The summed E-state index contributed by atoms with van der Waals surface area (Å²) >= 11 is -0.299. The summed E-state index contributed by atoms with van der Waals surface area (Å²) in [5.74, 6) is -0.542. The van der Waals surface area contributed by atoms with E-state index < -0.39 is 5.97 Å². The molecule has 4 heteroatoms. The molecule has 0 aliphatic carbocycles. The molecule has 0 aliphatic rings. The molecule has 0 bridgehead atoms. The first-order valence-corrected chi connectivity index (χ1v) is 10.5. The van der Waals surface area contributed by atoms with E-state index in [4.69, 9.17) is 4.74 Å². The molecule has 0 radical (unpaired) electrons. The van der Waals surface area contributed by atoms with Crippen LogP contribution in [0.25, 0.3) is 10.8 Å². The number of Topliss-reactive ketones (excluding diaryl/α,β-unsaturated/α-hetero) is 1. The van der Waals surface area contributed by atoms with Crippen LogP contribution in [0.1, 0.15) is 24.2 Å². The third-order valence-electron chi connectivity index (χ3n) is 4.13. The van der Waals surface area contributed by atoms with E-state index in [2.05, 4.69) is 0 Å². The van der Waals surface area contributed by atoms with Crippen LogP contribution in [0.4, 0.5) is 0 Å². The average molecular weight is 423 g/mol. The molecule has 3 aromatic rings. The van der Waals surface area contributed by atoms with Crippen molar-refractivity contribution in [3.05, 3.63) is 88.4 Å². The first-order valence-electron chi connectivity index (χ1n) is 8.75. The molecule has 27 heavy (non-hydrogen) atoms. The quantitative estimate of drug-likeness (QED) is 0.262. The van der Waals surface area contributed by atoms with Crippen LogP contribution in [-0.2, 0) is 9.53 Å². The number of ketones is 1. The number of rotatable bonds is 6. The predicted molar refractivity (Wildman–Crippen MR) is 109 cm³/mol. The molecule has 0 fully saturated rings. The Kier molecular flexibility index (Phi) is 6.23. The summed E-state index contributed by atoms with van der Waals surface area (Å²) in [6.45, 7) is 3.73. The van der Waals surface area contributed by atoms with Gasteiger partial charge in [0.2, 0.25) is 0 Å². The van der Waals surface area contributed by atoms with Crippen LogP contribution in [-0.4, -0.2) is 33.3 Å². The van der Waals surface area contributed by atoms with E-state index in [1.54, 1.807) is 13.8 Å². The van der Waals surface area contributed by atoms with Crippen LogP contribution in [0.3, 0.4) is 0 Å². The molecule has 0 aliphatic heterocycles. The van der Waals surface area contributed by atoms with E-state index in [1.807, 2.05) is 72.8 Å². The summed E-state index contributed by atoms with van der Waals surface area (Å²) in [4.78, 5) is 25.8. The summed E-state index contributed by atoms with van der Waals surface area (Å²) in [5, 5.41) is 1.90. The first kappa shape index (κ1) is 19.1. The molecule has 3 nitrogen and oxygen atoms in total. The Hall–Kier alpha value is -2.68. The molecule has 0 heterocycles. The summed E-state index contributed by atoms with van der Waals surface area (Å²) in [6.07, 6.45) is 0. The van der Waals surface area contributed by atoms with Gasteiger partial charge in [-0.3, -0.25) is 0 Å². The maximum absolute atomic E-state index is 13.5. The Labute approximate surface area is 165 Å². The summed E-state index contributed by atoms with van der Waals surface area (Å²) in [5.41, 5.74) is 1.00. The number of allylic oxidation sites excluding steroid dienone is 1. The van der Waals surface area contributed by atoms with Crippen LogP contribution in [0.15, 0.2) is 82.8 Å². The molecular formula is C23H20O3Se. The fourth-order valence-corrected chi connectivity index (χ4v) is 4.81. The van der Waals surface area contributed by atoms with Crippen molar-refractivity contribution in [1.82, 2.24) is 0 Å². The summed E-state index contributed by atoms with van der Waals surface area (Å²) < 4.78 is 6.73. The second-order valence-electron chi connectivity index (χ2n) is 5.95. The van der Waals surface area contributed by atoms with Gasteiger partial charge in [0, 0.05) is 0 Å². The molecular weight excluding hydrogens is 403 g/mol. The molecule has 3 rings (SSSR count). The minimum absolute atomic E-state index is 0.110. The molecule has 0 N–H and O–H groups in total. The van der Waals surface area contributed by atoms with Crippen molar-refractivity contribution in [2.75, 3.05) is 6.61 Å². The number of hydrogen-bond acceptors (Lipinski definition) is 3. The van der Waals surface area contributed by atoms with Gasteiger partial charge in [-0.1, -0.05) is 0 Å². The van der Waals surface area contributed by atoms with Crippen LogP contribution in [0.5, 0.6) is 0 Å². The van der Waals surface area contributed by atoms with Gasteiger partial charge >= 0.3 is 165 Å². The molecule has 0 spiro atoms. The van der Waals surface area contributed by atoms with E-state index in [0.717, 1.165) is 15.2 Å². The molecule has 0 saturated heterocycles.